The fraction of sp³-hybridized carbons (Fsp3) is 0.286. The van der Waals surface area contributed by atoms with Crippen LogP contribution >= 0.6 is 0 Å². The van der Waals surface area contributed by atoms with E-state index in [1.165, 1.54) is 14.1 Å². The Labute approximate surface area is 181 Å². The van der Waals surface area contributed by atoms with Gasteiger partial charge in [-0.15, -0.1) is 0 Å². The van der Waals surface area contributed by atoms with Gasteiger partial charge in [-0.2, -0.15) is 0 Å². The summed E-state index contributed by atoms with van der Waals surface area (Å²) >= 11 is 0. The second-order valence-corrected chi connectivity index (χ2v) is 9.23. The fourth-order valence-electron chi connectivity index (χ4n) is 3.15. The van der Waals surface area contributed by atoms with E-state index >= 15 is 0 Å². The van der Waals surface area contributed by atoms with E-state index in [-0.39, 0.29) is 17.2 Å². The van der Waals surface area contributed by atoms with E-state index in [0.29, 0.717) is 29.9 Å². The molecule has 0 radical (unpaired) electrons. The summed E-state index contributed by atoms with van der Waals surface area (Å²) in [4.78, 5) is 28.9. The third kappa shape index (κ3) is 4.92. The van der Waals surface area contributed by atoms with Gasteiger partial charge in [0.05, 0.1) is 15.9 Å². The quantitative estimate of drug-likeness (QED) is 0.540. The average molecular weight is 444 g/mol. The van der Waals surface area contributed by atoms with Crippen molar-refractivity contribution in [3.05, 3.63) is 59.9 Å². The van der Waals surface area contributed by atoms with Gasteiger partial charge in [-0.3, -0.25) is 20.4 Å². The molecule has 3 rings (SSSR count). The molecule has 1 heterocycles. The molecule has 0 aliphatic rings. The topological polar surface area (TPSA) is 113 Å². The van der Waals surface area contributed by atoms with Gasteiger partial charge in [-0.1, -0.05) is 18.2 Å². The molecule has 0 saturated carbocycles. The van der Waals surface area contributed by atoms with Gasteiger partial charge in [0.25, 0.3) is 5.91 Å². The van der Waals surface area contributed by atoms with Crippen molar-refractivity contribution in [2.75, 3.05) is 14.1 Å². The number of rotatable bonds is 7. The van der Waals surface area contributed by atoms with Gasteiger partial charge in [-0.25, -0.2) is 17.7 Å². The van der Waals surface area contributed by atoms with E-state index in [2.05, 4.69) is 15.8 Å². The summed E-state index contributed by atoms with van der Waals surface area (Å²) in [5.74, 6) is -0.0827. The highest BCUT2D eigenvalue weighted by Gasteiger charge is 2.19. The molecule has 0 aliphatic carbocycles. The lowest BCUT2D eigenvalue weighted by Gasteiger charge is -2.11. The largest absolute Gasteiger partial charge is 0.328 e. The normalized spacial score (nSPS) is 11.6. The standard InChI is InChI=1S/C21H25N5O4S/c1-4-26-18-11-10-16(31(29,30)25(2)3)14-17(18)22-19(26)12-13-20(27)23-24-21(28)15-8-6-5-7-9-15/h5-11,14H,4,12-13H2,1-3H3,(H,23,27)(H,24,28). The summed E-state index contributed by atoms with van der Waals surface area (Å²) in [6.45, 7) is 2.58. The SMILES string of the molecule is CCn1c(CCC(=O)NNC(=O)c2ccccc2)nc2cc(S(=O)(=O)N(C)C)ccc21. The highest BCUT2D eigenvalue weighted by molar-refractivity contribution is 7.89. The van der Waals surface area contributed by atoms with Crippen LogP contribution in [-0.4, -0.2) is 48.2 Å². The monoisotopic (exact) mass is 443 g/mol. The number of carbonyl (C=O) groups is 2. The van der Waals surface area contributed by atoms with Crippen LogP contribution in [0, 0.1) is 0 Å². The van der Waals surface area contributed by atoms with Gasteiger partial charge < -0.3 is 4.57 Å². The molecule has 31 heavy (non-hydrogen) atoms. The molecular weight excluding hydrogens is 418 g/mol. The van der Waals surface area contributed by atoms with Crippen LogP contribution < -0.4 is 10.9 Å². The number of sulfonamides is 1. The zero-order valence-electron chi connectivity index (χ0n) is 17.6. The van der Waals surface area contributed by atoms with Crippen molar-refractivity contribution in [1.82, 2.24) is 24.7 Å². The highest BCUT2D eigenvalue weighted by atomic mass is 32.2. The number of carbonyl (C=O) groups excluding carboxylic acids is 2. The van der Waals surface area contributed by atoms with Crippen molar-refractivity contribution in [3.8, 4) is 0 Å². The van der Waals surface area contributed by atoms with Gasteiger partial charge in [0, 0.05) is 39.0 Å². The zero-order chi connectivity index (χ0) is 22.6. The number of aromatic nitrogens is 2. The molecule has 2 N–H and O–H groups in total. The Morgan fingerprint density at radius 2 is 1.77 bits per heavy atom. The van der Waals surface area contributed by atoms with Crippen LogP contribution in [0.4, 0.5) is 0 Å². The first-order chi connectivity index (χ1) is 14.7. The molecule has 10 heteroatoms. The first kappa shape index (κ1) is 22.4. The van der Waals surface area contributed by atoms with Crippen LogP contribution in [0.2, 0.25) is 0 Å². The maximum Gasteiger partial charge on any atom is 0.269 e. The van der Waals surface area contributed by atoms with Crippen LogP contribution in [0.1, 0.15) is 29.5 Å². The van der Waals surface area contributed by atoms with E-state index in [0.717, 1.165) is 9.82 Å². The van der Waals surface area contributed by atoms with E-state index in [4.69, 9.17) is 0 Å². The van der Waals surface area contributed by atoms with E-state index in [9.17, 15) is 18.0 Å². The van der Waals surface area contributed by atoms with E-state index in [1.54, 1.807) is 48.5 Å². The molecule has 0 saturated heterocycles. The summed E-state index contributed by atoms with van der Waals surface area (Å²) < 4.78 is 27.9. The van der Waals surface area contributed by atoms with Crippen LogP contribution in [0.5, 0.6) is 0 Å². The first-order valence-electron chi connectivity index (χ1n) is 9.80. The summed E-state index contributed by atoms with van der Waals surface area (Å²) in [6.07, 6.45) is 0.451. The predicted molar refractivity (Wildman–Crippen MR) is 117 cm³/mol. The Morgan fingerprint density at radius 1 is 1.06 bits per heavy atom. The number of hydrogen-bond acceptors (Lipinski definition) is 5. The number of aryl methyl sites for hydroxylation is 2. The highest BCUT2D eigenvalue weighted by Crippen LogP contribution is 2.22. The molecule has 0 aliphatic heterocycles. The number of amides is 2. The number of fused-ring (bicyclic) bond motifs is 1. The molecule has 0 atom stereocenters. The van der Waals surface area contributed by atoms with Crippen LogP contribution in [0.15, 0.2) is 53.4 Å². The maximum absolute atomic E-state index is 12.4. The van der Waals surface area contributed by atoms with E-state index in [1.807, 2.05) is 11.5 Å². The van der Waals surface area contributed by atoms with Gasteiger partial charge in [0.15, 0.2) is 0 Å². The van der Waals surface area contributed by atoms with Gasteiger partial charge >= 0.3 is 0 Å². The molecule has 2 aromatic carbocycles. The fourth-order valence-corrected chi connectivity index (χ4v) is 4.07. The molecule has 0 unspecified atom stereocenters. The summed E-state index contributed by atoms with van der Waals surface area (Å²) in [5.41, 5.74) is 6.59. The Balaban J connectivity index is 1.69. The molecule has 0 spiro atoms. The smallest absolute Gasteiger partial charge is 0.269 e. The molecule has 9 nitrogen and oxygen atoms in total. The lowest BCUT2D eigenvalue weighted by atomic mass is 10.2. The van der Waals surface area contributed by atoms with Gasteiger partial charge in [-0.05, 0) is 37.3 Å². The second-order valence-electron chi connectivity index (χ2n) is 7.08. The number of benzene rings is 2. The van der Waals surface area contributed by atoms with Gasteiger partial charge in [0.2, 0.25) is 15.9 Å². The Kier molecular flexibility index (Phi) is 6.71. The van der Waals surface area contributed by atoms with E-state index < -0.39 is 15.9 Å². The minimum Gasteiger partial charge on any atom is -0.328 e. The Bertz CT molecular complexity index is 1200. The number of hydrazine groups is 1. The average Bonchev–Trinajstić information content (AvgIpc) is 3.13. The minimum absolute atomic E-state index is 0.112. The van der Waals surface area contributed by atoms with Gasteiger partial charge in [0.1, 0.15) is 5.82 Å². The van der Waals surface area contributed by atoms with Crippen LogP contribution in [0.25, 0.3) is 11.0 Å². The van der Waals surface area contributed by atoms with Crippen molar-refractivity contribution in [1.29, 1.82) is 0 Å². The molecule has 3 aromatic rings. The summed E-state index contributed by atoms with van der Waals surface area (Å²) in [5, 5.41) is 0. The number of imidazole rings is 1. The van der Waals surface area contributed by atoms with Crippen molar-refractivity contribution in [2.45, 2.75) is 31.2 Å². The molecule has 0 fully saturated rings. The zero-order valence-corrected chi connectivity index (χ0v) is 18.4. The second kappa shape index (κ2) is 9.27. The van der Waals surface area contributed by atoms with Crippen molar-refractivity contribution < 1.29 is 18.0 Å². The Morgan fingerprint density at radius 3 is 2.42 bits per heavy atom. The van der Waals surface area contributed by atoms with Crippen molar-refractivity contribution in [2.24, 2.45) is 0 Å². The summed E-state index contributed by atoms with van der Waals surface area (Å²) in [7, 11) is -0.609. The molecular formula is C21H25N5O4S. The minimum atomic E-state index is -3.56. The molecule has 164 valence electrons. The number of nitrogens with zero attached hydrogens (tertiary/aromatic N) is 3. The maximum atomic E-state index is 12.4. The number of hydrogen-bond donors (Lipinski definition) is 2. The van der Waals surface area contributed by atoms with Crippen molar-refractivity contribution >= 4 is 32.9 Å². The Hall–Kier alpha value is -3.24. The summed E-state index contributed by atoms with van der Waals surface area (Å²) in [6, 6.07) is 13.4. The molecule has 1 aromatic heterocycles. The van der Waals surface area contributed by atoms with Crippen molar-refractivity contribution in [3.63, 3.8) is 0 Å². The third-order valence-corrected chi connectivity index (χ3v) is 6.63. The lowest BCUT2D eigenvalue weighted by molar-refractivity contribution is -0.121. The van der Waals surface area contributed by atoms with Crippen LogP contribution in [-0.2, 0) is 27.8 Å². The number of nitrogens with one attached hydrogen (secondary N) is 2. The van der Waals surface area contributed by atoms with Crippen LogP contribution in [0.3, 0.4) is 0 Å². The lowest BCUT2D eigenvalue weighted by Crippen LogP contribution is -2.41. The molecule has 0 bridgehead atoms. The predicted octanol–water partition coefficient (Wildman–Crippen LogP) is 1.70. The third-order valence-electron chi connectivity index (χ3n) is 4.82. The first-order valence-corrected chi connectivity index (χ1v) is 11.2. The molecule has 2 amide bonds.